The van der Waals surface area contributed by atoms with Gasteiger partial charge in [-0.05, 0) is 20.8 Å². The largest absolute Gasteiger partial charge is 0.388 e. The highest BCUT2D eigenvalue weighted by Crippen LogP contribution is 2.37. The van der Waals surface area contributed by atoms with Gasteiger partial charge >= 0.3 is 5.69 Å². The lowest BCUT2D eigenvalue weighted by Gasteiger charge is -2.00. The molecule has 0 aromatic carbocycles. The molecule has 0 aliphatic carbocycles. The molecule has 2 heterocycles. The molecule has 2 rings (SSSR count). The summed E-state index contributed by atoms with van der Waals surface area (Å²) in [6.45, 7) is 5.04. The van der Waals surface area contributed by atoms with Crippen molar-refractivity contribution in [3.63, 3.8) is 0 Å². The minimum atomic E-state index is -0.759. The zero-order chi connectivity index (χ0) is 14.3. The fourth-order valence-electron chi connectivity index (χ4n) is 1.70. The lowest BCUT2D eigenvalue weighted by Crippen LogP contribution is -2.00. The Morgan fingerprint density at radius 2 is 2.21 bits per heavy atom. The average Bonchev–Trinajstić information content (AvgIpc) is 2.87. The van der Waals surface area contributed by atoms with E-state index < -0.39 is 11.0 Å². The highest BCUT2D eigenvalue weighted by Gasteiger charge is 2.25. The standard InChI is InChI=1S/C11H12ClN3O3S/c1-5-10(12)6(2)14(13-5)11-8(15(17)18)4-9(19-11)7(3)16/h4,7,16H,1-3H3/t7-/m0/s1. The molecular weight excluding hydrogens is 290 g/mol. The molecule has 0 bridgehead atoms. The van der Waals surface area contributed by atoms with Crippen molar-refractivity contribution in [1.82, 2.24) is 9.78 Å². The van der Waals surface area contributed by atoms with E-state index in [2.05, 4.69) is 5.10 Å². The summed E-state index contributed by atoms with van der Waals surface area (Å²) in [6, 6.07) is 1.37. The van der Waals surface area contributed by atoms with Crippen LogP contribution in [0.25, 0.3) is 5.00 Å². The topological polar surface area (TPSA) is 81.2 Å². The first-order chi connectivity index (χ1) is 8.82. The Balaban J connectivity index is 2.66. The van der Waals surface area contributed by atoms with Gasteiger partial charge in [0.05, 0.1) is 27.4 Å². The summed E-state index contributed by atoms with van der Waals surface area (Å²) in [5.74, 6) is 0. The van der Waals surface area contributed by atoms with Gasteiger partial charge in [0.1, 0.15) is 0 Å². The number of aliphatic hydroxyl groups excluding tert-OH is 1. The van der Waals surface area contributed by atoms with Gasteiger partial charge in [-0.2, -0.15) is 5.10 Å². The van der Waals surface area contributed by atoms with Crippen molar-refractivity contribution in [2.45, 2.75) is 26.9 Å². The lowest BCUT2D eigenvalue weighted by molar-refractivity contribution is -0.384. The Morgan fingerprint density at radius 1 is 1.58 bits per heavy atom. The maximum Gasteiger partial charge on any atom is 0.306 e. The summed E-state index contributed by atoms with van der Waals surface area (Å²) >= 11 is 7.19. The normalized spacial score (nSPS) is 12.7. The van der Waals surface area contributed by atoms with Crippen LogP contribution >= 0.6 is 22.9 Å². The molecule has 0 radical (unpaired) electrons. The summed E-state index contributed by atoms with van der Waals surface area (Å²) in [7, 11) is 0. The molecule has 1 N–H and O–H groups in total. The first-order valence-electron chi connectivity index (χ1n) is 5.51. The Hall–Kier alpha value is -1.44. The molecule has 2 aromatic heterocycles. The molecular formula is C11H12ClN3O3S. The number of rotatable bonds is 3. The van der Waals surface area contributed by atoms with Crippen LogP contribution < -0.4 is 0 Å². The number of thiophene rings is 1. The van der Waals surface area contributed by atoms with Crippen LogP contribution in [0.15, 0.2) is 6.07 Å². The molecule has 0 aliphatic rings. The van der Waals surface area contributed by atoms with Crippen LogP contribution in [0.5, 0.6) is 0 Å². The zero-order valence-electron chi connectivity index (χ0n) is 10.5. The molecule has 8 heteroatoms. The Bertz CT molecular complexity index is 648. The molecule has 102 valence electrons. The monoisotopic (exact) mass is 301 g/mol. The number of halogens is 1. The van der Waals surface area contributed by atoms with Crippen LogP contribution in [0.4, 0.5) is 5.69 Å². The van der Waals surface area contributed by atoms with Gasteiger partial charge in [0.25, 0.3) is 0 Å². The van der Waals surface area contributed by atoms with Crippen LogP contribution in [-0.2, 0) is 0 Å². The van der Waals surface area contributed by atoms with E-state index in [0.717, 1.165) is 11.3 Å². The van der Waals surface area contributed by atoms with E-state index in [1.54, 1.807) is 20.8 Å². The van der Waals surface area contributed by atoms with E-state index in [-0.39, 0.29) is 5.69 Å². The van der Waals surface area contributed by atoms with Gasteiger partial charge in [0.15, 0.2) is 5.00 Å². The smallest absolute Gasteiger partial charge is 0.306 e. The van der Waals surface area contributed by atoms with Crippen molar-refractivity contribution in [1.29, 1.82) is 0 Å². The molecule has 0 unspecified atom stereocenters. The van der Waals surface area contributed by atoms with Crippen LogP contribution in [0.3, 0.4) is 0 Å². The molecule has 1 atom stereocenters. The summed E-state index contributed by atoms with van der Waals surface area (Å²) in [6.07, 6.45) is -0.759. The maximum absolute atomic E-state index is 11.1. The van der Waals surface area contributed by atoms with Crippen molar-refractivity contribution in [3.8, 4) is 5.00 Å². The summed E-state index contributed by atoms with van der Waals surface area (Å²) < 4.78 is 1.45. The van der Waals surface area contributed by atoms with Gasteiger partial charge < -0.3 is 5.11 Å². The third kappa shape index (κ3) is 2.36. The van der Waals surface area contributed by atoms with Gasteiger partial charge in [0, 0.05) is 10.9 Å². The number of hydrogen-bond acceptors (Lipinski definition) is 5. The number of nitrogens with zero attached hydrogens (tertiary/aromatic N) is 3. The number of aryl methyl sites for hydroxylation is 1. The predicted molar refractivity (Wildman–Crippen MR) is 73.2 cm³/mol. The lowest BCUT2D eigenvalue weighted by atomic mass is 10.3. The van der Waals surface area contributed by atoms with Crippen molar-refractivity contribution in [2.24, 2.45) is 0 Å². The molecule has 6 nitrogen and oxygen atoms in total. The SMILES string of the molecule is Cc1nn(-c2sc([C@H](C)O)cc2[N+](=O)[O-])c(C)c1Cl. The fraction of sp³-hybridized carbons (Fsp3) is 0.364. The fourth-order valence-corrected chi connectivity index (χ4v) is 2.88. The second-order valence-corrected chi connectivity index (χ2v) is 5.61. The molecule has 19 heavy (non-hydrogen) atoms. The minimum absolute atomic E-state index is 0.0804. The number of aliphatic hydroxyl groups is 1. The van der Waals surface area contributed by atoms with E-state index in [4.69, 9.17) is 11.6 Å². The molecule has 2 aromatic rings. The summed E-state index contributed by atoms with van der Waals surface area (Å²) in [5.41, 5.74) is 1.17. The van der Waals surface area contributed by atoms with Gasteiger partial charge in [-0.1, -0.05) is 11.6 Å². The van der Waals surface area contributed by atoms with E-state index >= 15 is 0 Å². The number of nitro groups is 1. The van der Waals surface area contributed by atoms with Crippen LogP contribution in [0, 0.1) is 24.0 Å². The first-order valence-corrected chi connectivity index (χ1v) is 6.70. The van der Waals surface area contributed by atoms with Crippen LogP contribution in [-0.4, -0.2) is 19.8 Å². The van der Waals surface area contributed by atoms with Crippen molar-refractivity contribution in [3.05, 3.63) is 37.5 Å². The minimum Gasteiger partial charge on any atom is -0.388 e. The van der Waals surface area contributed by atoms with E-state index in [0.29, 0.717) is 26.3 Å². The number of hydrogen-bond donors (Lipinski definition) is 1. The first kappa shape index (κ1) is 14.0. The Morgan fingerprint density at radius 3 is 2.63 bits per heavy atom. The summed E-state index contributed by atoms with van der Waals surface area (Å²) in [5, 5.41) is 25.7. The van der Waals surface area contributed by atoms with Crippen molar-refractivity contribution < 1.29 is 10.0 Å². The molecule has 0 spiro atoms. The Labute approximate surface area is 118 Å². The average molecular weight is 302 g/mol. The van der Waals surface area contributed by atoms with E-state index in [1.807, 2.05) is 0 Å². The zero-order valence-corrected chi connectivity index (χ0v) is 12.1. The van der Waals surface area contributed by atoms with Gasteiger partial charge in [-0.15, -0.1) is 11.3 Å². The molecule has 0 aliphatic heterocycles. The molecule has 0 saturated carbocycles. The quantitative estimate of drug-likeness (QED) is 0.697. The third-order valence-corrected chi connectivity index (χ3v) is 4.53. The predicted octanol–water partition coefficient (Wildman–Crippen LogP) is 3.17. The van der Waals surface area contributed by atoms with Crippen LogP contribution in [0.2, 0.25) is 5.02 Å². The highest BCUT2D eigenvalue weighted by molar-refractivity contribution is 7.15. The van der Waals surface area contributed by atoms with Crippen molar-refractivity contribution in [2.75, 3.05) is 0 Å². The third-order valence-electron chi connectivity index (χ3n) is 2.72. The second kappa shape index (κ2) is 4.92. The van der Waals surface area contributed by atoms with Gasteiger partial charge in [-0.25, -0.2) is 4.68 Å². The second-order valence-electron chi connectivity index (χ2n) is 4.17. The van der Waals surface area contributed by atoms with Crippen molar-refractivity contribution >= 4 is 28.6 Å². The highest BCUT2D eigenvalue weighted by atomic mass is 35.5. The van der Waals surface area contributed by atoms with Gasteiger partial charge in [-0.3, -0.25) is 10.1 Å². The summed E-state index contributed by atoms with van der Waals surface area (Å²) in [4.78, 5) is 11.1. The van der Waals surface area contributed by atoms with Gasteiger partial charge in [0.2, 0.25) is 0 Å². The molecule has 0 fully saturated rings. The van der Waals surface area contributed by atoms with E-state index in [9.17, 15) is 15.2 Å². The Kier molecular flexibility index (Phi) is 3.62. The maximum atomic E-state index is 11.1. The van der Waals surface area contributed by atoms with E-state index in [1.165, 1.54) is 10.7 Å². The van der Waals surface area contributed by atoms with Crippen LogP contribution in [0.1, 0.15) is 29.3 Å². The number of aromatic nitrogens is 2. The molecule has 0 saturated heterocycles. The molecule has 0 amide bonds.